The fraction of sp³-hybridized carbons (Fsp3) is 0.600. The minimum Gasteiger partial charge on any atom is -0.424 e. The van der Waals surface area contributed by atoms with Crippen molar-refractivity contribution in [1.29, 1.82) is 0 Å². The van der Waals surface area contributed by atoms with Crippen molar-refractivity contribution in [2.45, 2.75) is 52.7 Å². The van der Waals surface area contributed by atoms with Gasteiger partial charge in [-0.1, -0.05) is 32.9 Å². The third-order valence-corrected chi connectivity index (χ3v) is 5.07. The highest BCUT2D eigenvalue weighted by molar-refractivity contribution is 5.16. The van der Waals surface area contributed by atoms with Crippen molar-refractivity contribution in [3.8, 4) is 0 Å². The Labute approximate surface area is 155 Å². The van der Waals surface area contributed by atoms with E-state index in [0.717, 1.165) is 44.6 Å². The molecule has 142 valence electrons. The van der Waals surface area contributed by atoms with Crippen LogP contribution < -0.4 is 0 Å². The molecule has 5 nitrogen and oxygen atoms in total. The first kappa shape index (κ1) is 19.0. The van der Waals surface area contributed by atoms with Crippen LogP contribution in [0.25, 0.3) is 0 Å². The summed E-state index contributed by atoms with van der Waals surface area (Å²) < 4.78 is 18.9. The van der Waals surface area contributed by atoms with Crippen molar-refractivity contribution in [3.05, 3.63) is 47.4 Å². The zero-order valence-corrected chi connectivity index (χ0v) is 16.0. The molecule has 26 heavy (non-hydrogen) atoms. The summed E-state index contributed by atoms with van der Waals surface area (Å²) in [7, 11) is 0. The number of hydrogen-bond acceptors (Lipinski definition) is 5. The van der Waals surface area contributed by atoms with Crippen LogP contribution in [0.15, 0.2) is 28.7 Å². The van der Waals surface area contributed by atoms with Gasteiger partial charge in [-0.25, -0.2) is 4.39 Å². The summed E-state index contributed by atoms with van der Waals surface area (Å²) >= 11 is 0. The van der Waals surface area contributed by atoms with Gasteiger partial charge in [-0.15, -0.1) is 10.2 Å². The van der Waals surface area contributed by atoms with Crippen LogP contribution in [0.5, 0.6) is 0 Å². The number of rotatable bonds is 6. The first-order valence-corrected chi connectivity index (χ1v) is 9.57. The Morgan fingerprint density at radius 1 is 1.12 bits per heavy atom. The van der Waals surface area contributed by atoms with E-state index in [1.54, 1.807) is 12.1 Å². The van der Waals surface area contributed by atoms with Gasteiger partial charge in [0.2, 0.25) is 11.8 Å². The van der Waals surface area contributed by atoms with Crippen LogP contribution in [0.2, 0.25) is 0 Å². The molecule has 0 radical (unpaired) electrons. The van der Waals surface area contributed by atoms with Gasteiger partial charge in [0.05, 0.1) is 6.54 Å². The van der Waals surface area contributed by atoms with E-state index in [1.165, 1.54) is 0 Å². The van der Waals surface area contributed by atoms with Crippen LogP contribution in [0.4, 0.5) is 4.39 Å². The molecule has 1 fully saturated rings. The van der Waals surface area contributed by atoms with Gasteiger partial charge in [-0.3, -0.25) is 9.80 Å². The molecular formula is C20H29FN4O. The number of aryl methyl sites for hydroxylation is 1. The second-order valence-electron chi connectivity index (χ2n) is 7.44. The molecule has 0 amide bonds. The lowest BCUT2D eigenvalue weighted by atomic mass is 10.0. The molecule has 0 bridgehead atoms. The largest absolute Gasteiger partial charge is 0.424 e. The fourth-order valence-corrected chi connectivity index (χ4v) is 3.62. The van der Waals surface area contributed by atoms with Gasteiger partial charge in [-0.05, 0) is 36.6 Å². The lowest BCUT2D eigenvalue weighted by Gasteiger charge is -2.34. The number of nitrogens with zero attached hydrogens (tertiary/aromatic N) is 4. The molecule has 1 saturated heterocycles. The topological polar surface area (TPSA) is 45.4 Å². The maximum atomic E-state index is 13.2. The summed E-state index contributed by atoms with van der Waals surface area (Å²) in [5.41, 5.74) is 1.16. The second-order valence-corrected chi connectivity index (χ2v) is 7.44. The standard InChI is InChI=1S/C20H29FN4O/c1-4-19-22-23-20(26-19)14-24-10-5-11-25(18(13-24)15(2)3)12-16-6-8-17(21)9-7-16/h6-9,15,18H,4-5,10-14H2,1-3H3/t18-/m0/s1. The predicted molar refractivity (Wildman–Crippen MR) is 99.0 cm³/mol. The van der Waals surface area contributed by atoms with E-state index in [-0.39, 0.29) is 5.82 Å². The van der Waals surface area contributed by atoms with Gasteiger partial charge in [0, 0.05) is 32.1 Å². The molecule has 6 heteroatoms. The minimum absolute atomic E-state index is 0.179. The fourth-order valence-electron chi connectivity index (χ4n) is 3.62. The molecule has 1 aromatic carbocycles. The van der Waals surface area contributed by atoms with Crippen molar-refractivity contribution in [2.24, 2.45) is 5.92 Å². The third-order valence-electron chi connectivity index (χ3n) is 5.07. The number of halogens is 1. The SMILES string of the molecule is CCc1nnc(CN2CCCN(Cc3ccc(F)cc3)[C@H](C(C)C)C2)o1. The normalized spacial score (nSPS) is 19.8. The maximum absolute atomic E-state index is 13.2. The zero-order valence-electron chi connectivity index (χ0n) is 16.0. The van der Waals surface area contributed by atoms with E-state index >= 15 is 0 Å². The lowest BCUT2D eigenvalue weighted by Crippen LogP contribution is -2.43. The highest BCUT2D eigenvalue weighted by Gasteiger charge is 2.28. The molecule has 1 atom stereocenters. The Hall–Kier alpha value is -1.79. The summed E-state index contributed by atoms with van der Waals surface area (Å²) in [5, 5.41) is 8.24. The molecule has 1 aliphatic heterocycles. The van der Waals surface area contributed by atoms with Crippen molar-refractivity contribution in [1.82, 2.24) is 20.0 Å². The quantitative estimate of drug-likeness (QED) is 0.789. The minimum atomic E-state index is -0.179. The lowest BCUT2D eigenvalue weighted by molar-refractivity contribution is 0.126. The van der Waals surface area contributed by atoms with Crippen LogP contribution in [-0.2, 0) is 19.5 Å². The van der Waals surface area contributed by atoms with Crippen molar-refractivity contribution < 1.29 is 8.81 Å². The molecular weight excluding hydrogens is 331 g/mol. The Kier molecular flexibility index (Phi) is 6.38. The molecule has 0 spiro atoms. The van der Waals surface area contributed by atoms with Crippen LogP contribution in [0, 0.1) is 11.7 Å². The summed E-state index contributed by atoms with van der Waals surface area (Å²) in [6, 6.07) is 7.31. The van der Waals surface area contributed by atoms with Gasteiger partial charge in [0.25, 0.3) is 0 Å². The molecule has 3 rings (SSSR count). The van der Waals surface area contributed by atoms with Gasteiger partial charge < -0.3 is 4.42 Å². The van der Waals surface area contributed by atoms with Crippen molar-refractivity contribution in [2.75, 3.05) is 19.6 Å². The average Bonchev–Trinajstić information content (AvgIpc) is 2.98. The highest BCUT2D eigenvalue weighted by atomic mass is 19.1. The maximum Gasteiger partial charge on any atom is 0.230 e. The summed E-state index contributed by atoms with van der Waals surface area (Å²) in [6.45, 7) is 11.2. The van der Waals surface area contributed by atoms with Gasteiger partial charge in [-0.2, -0.15) is 0 Å². The van der Waals surface area contributed by atoms with E-state index in [0.29, 0.717) is 30.3 Å². The van der Waals surface area contributed by atoms with Crippen LogP contribution in [-0.4, -0.2) is 45.7 Å². The van der Waals surface area contributed by atoms with E-state index < -0.39 is 0 Å². The summed E-state index contributed by atoms with van der Waals surface area (Å²) in [6.07, 6.45) is 1.87. The van der Waals surface area contributed by atoms with Crippen LogP contribution in [0.3, 0.4) is 0 Å². The van der Waals surface area contributed by atoms with Crippen molar-refractivity contribution in [3.63, 3.8) is 0 Å². The second kappa shape index (κ2) is 8.73. The van der Waals surface area contributed by atoms with E-state index in [2.05, 4.69) is 33.8 Å². The van der Waals surface area contributed by atoms with Crippen molar-refractivity contribution >= 4 is 0 Å². The monoisotopic (exact) mass is 360 g/mol. The summed E-state index contributed by atoms with van der Waals surface area (Å²) in [4.78, 5) is 4.95. The van der Waals surface area contributed by atoms with Gasteiger partial charge in [0.1, 0.15) is 5.82 Å². The number of benzene rings is 1. The number of aromatic nitrogens is 2. The smallest absolute Gasteiger partial charge is 0.230 e. The molecule has 0 aliphatic carbocycles. The molecule has 0 N–H and O–H groups in total. The third kappa shape index (κ3) is 4.89. The summed E-state index contributed by atoms with van der Waals surface area (Å²) in [5.74, 6) is 1.76. The van der Waals surface area contributed by atoms with Crippen LogP contribution >= 0.6 is 0 Å². The Morgan fingerprint density at radius 3 is 2.50 bits per heavy atom. The van der Waals surface area contributed by atoms with E-state index in [9.17, 15) is 4.39 Å². The Balaban J connectivity index is 1.67. The Morgan fingerprint density at radius 2 is 1.85 bits per heavy atom. The number of hydrogen-bond donors (Lipinski definition) is 0. The van der Waals surface area contributed by atoms with Gasteiger partial charge in [0.15, 0.2) is 0 Å². The predicted octanol–water partition coefficient (Wildman–Crippen LogP) is 3.50. The first-order valence-electron chi connectivity index (χ1n) is 9.57. The Bertz CT molecular complexity index is 685. The molecule has 0 unspecified atom stereocenters. The van der Waals surface area contributed by atoms with E-state index in [4.69, 9.17) is 4.42 Å². The van der Waals surface area contributed by atoms with Crippen LogP contribution in [0.1, 0.15) is 44.5 Å². The van der Waals surface area contributed by atoms with Gasteiger partial charge >= 0.3 is 0 Å². The zero-order chi connectivity index (χ0) is 18.5. The molecule has 0 saturated carbocycles. The van der Waals surface area contributed by atoms with E-state index in [1.807, 2.05) is 19.1 Å². The molecule has 2 aromatic rings. The highest BCUT2D eigenvalue weighted by Crippen LogP contribution is 2.21. The molecule has 2 heterocycles. The molecule has 1 aliphatic rings. The first-order chi connectivity index (χ1) is 12.5. The molecule has 1 aromatic heterocycles. The average molecular weight is 360 g/mol.